The lowest BCUT2D eigenvalue weighted by Crippen LogP contribution is -2.46. The SMILES string of the molecule is Br[Si](Br)(Br)N1CCOCC1. The average Bonchev–Trinajstić information content (AvgIpc) is 1.88. The summed E-state index contributed by atoms with van der Waals surface area (Å²) < 4.78 is 5.99. The maximum Gasteiger partial charge on any atom is 0.344 e. The molecule has 60 valence electrons. The number of rotatable bonds is 1. The highest BCUT2D eigenvalue weighted by atomic mass is 80.0. The molecule has 6 heteroatoms. The van der Waals surface area contributed by atoms with Gasteiger partial charge in [-0.15, -0.1) is 0 Å². The van der Waals surface area contributed by atoms with Gasteiger partial charge in [0.2, 0.25) is 0 Å². The van der Waals surface area contributed by atoms with Crippen LogP contribution in [-0.2, 0) is 4.74 Å². The average molecular weight is 354 g/mol. The molecule has 1 aliphatic rings. The largest absolute Gasteiger partial charge is 0.379 e. The van der Waals surface area contributed by atoms with Crippen LogP contribution >= 0.6 is 45.9 Å². The third-order valence-corrected chi connectivity index (χ3v) is 7.05. The Kier molecular flexibility index (Phi) is 3.86. The Morgan fingerprint density at radius 3 is 1.90 bits per heavy atom. The van der Waals surface area contributed by atoms with Gasteiger partial charge in [0, 0.05) is 13.1 Å². The van der Waals surface area contributed by atoms with E-state index in [9.17, 15) is 0 Å². The van der Waals surface area contributed by atoms with E-state index in [1.54, 1.807) is 0 Å². The summed E-state index contributed by atoms with van der Waals surface area (Å²) in [4.78, 5) is 0. The molecule has 0 aromatic rings. The van der Waals surface area contributed by atoms with Gasteiger partial charge in [0.05, 0.1) is 13.2 Å². The third-order valence-electron chi connectivity index (χ3n) is 1.37. The van der Waals surface area contributed by atoms with E-state index in [-0.39, 0.29) is 0 Å². The van der Waals surface area contributed by atoms with Gasteiger partial charge in [-0.05, 0) is 0 Å². The first-order chi connectivity index (χ1) is 4.61. The molecule has 0 atom stereocenters. The molecule has 0 bridgehead atoms. The van der Waals surface area contributed by atoms with Gasteiger partial charge in [0.15, 0.2) is 0 Å². The lowest BCUT2D eigenvalue weighted by molar-refractivity contribution is 0.0728. The Balaban J connectivity index is 2.39. The Morgan fingerprint density at radius 2 is 1.60 bits per heavy atom. The van der Waals surface area contributed by atoms with Gasteiger partial charge in [0.1, 0.15) is 0 Å². The van der Waals surface area contributed by atoms with Crippen molar-refractivity contribution in [2.24, 2.45) is 0 Å². The minimum Gasteiger partial charge on any atom is -0.379 e. The predicted molar refractivity (Wildman–Crippen MR) is 54.9 cm³/mol. The summed E-state index contributed by atoms with van der Waals surface area (Å²) in [5, 5.41) is 0. The van der Waals surface area contributed by atoms with Crippen molar-refractivity contribution < 1.29 is 4.74 Å². The van der Waals surface area contributed by atoms with Crippen LogP contribution in [0.2, 0.25) is 0 Å². The number of halogens is 3. The van der Waals surface area contributed by atoms with Crippen molar-refractivity contribution in [3.63, 3.8) is 0 Å². The van der Waals surface area contributed by atoms with Crippen molar-refractivity contribution in [1.29, 1.82) is 0 Å². The monoisotopic (exact) mass is 351 g/mol. The van der Waals surface area contributed by atoms with E-state index >= 15 is 0 Å². The number of morpholine rings is 1. The minimum absolute atomic E-state index is 0.845. The molecule has 1 aliphatic heterocycles. The van der Waals surface area contributed by atoms with E-state index in [1.165, 1.54) is 0 Å². The summed E-state index contributed by atoms with van der Waals surface area (Å²) in [6, 6.07) is 0. The van der Waals surface area contributed by atoms with Crippen LogP contribution in [0.4, 0.5) is 0 Å². The molecule has 1 saturated heterocycles. The second kappa shape index (κ2) is 4.00. The van der Waals surface area contributed by atoms with Gasteiger partial charge in [-0.25, -0.2) is 0 Å². The summed E-state index contributed by atoms with van der Waals surface area (Å²) in [6.07, 6.45) is 0. The fraction of sp³-hybridized carbons (Fsp3) is 1.00. The Labute approximate surface area is 85.1 Å². The summed E-state index contributed by atoms with van der Waals surface area (Å²) >= 11 is 10.7. The molecule has 0 aliphatic carbocycles. The first-order valence-corrected chi connectivity index (χ1v) is 11.7. The van der Waals surface area contributed by atoms with E-state index in [2.05, 4.69) is 50.4 Å². The molecule has 0 amide bonds. The molecular weight excluding hydrogens is 346 g/mol. The second-order valence-electron chi connectivity index (χ2n) is 2.07. The molecule has 0 spiro atoms. The Hall–Kier alpha value is 1.58. The number of nitrogens with zero attached hydrogens (tertiary/aromatic N) is 1. The van der Waals surface area contributed by atoms with Crippen LogP contribution in [0.25, 0.3) is 0 Å². The van der Waals surface area contributed by atoms with E-state index < -0.39 is 4.09 Å². The number of hydrogen-bond acceptors (Lipinski definition) is 2. The fourth-order valence-electron chi connectivity index (χ4n) is 0.817. The first-order valence-electron chi connectivity index (χ1n) is 3.00. The smallest absolute Gasteiger partial charge is 0.344 e. The maximum atomic E-state index is 5.21. The van der Waals surface area contributed by atoms with Gasteiger partial charge in [-0.1, -0.05) is 45.9 Å². The zero-order valence-corrected chi connectivity index (χ0v) is 11.1. The van der Waals surface area contributed by atoms with Crippen LogP contribution < -0.4 is 0 Å². The predicted octanol–water partition coefficient (Wildman–Crippen LogP) is 1.94. The lowest BCUT2D eigenvalue weighted by Gasteiger charge is -2.31. The molecule has 0 N–H and O–H groups in total. The molecule has 1 fully saturated rings. The van der Waals surface area contributed by atoms with Gasteiger partial charge in [-0.2, -0.15) is 0 Å². The Morgan fingerprint density at radius 1 is 1.10 bits per heavy atom. The van der Waals surface area contributed by atoms with E-state index in [0.717, 1.165) is 26.3 Å². The zero-order chi connectivity index (χ0) is 7.61. The minimum atomic E-state index is -1.57. The third kappa shape index (κ3) is 2.90. The summed E-state index contributed by atoms with van der Waals surface area (Å²) in [7, 11) is 0. The fourth-order valence-corrected chi connectivity index (χ4v) is 4.70. The molecular formula is C4H8Br3NOSi. The van der Waals surface area contributed by atoms with Crippen LogP contribution in [0.5, 0.6) is 0 Å². The molecule has 1 heterocycles. The van der Waals surface area contributed by atoms with Crippen LogP contribution in [0.1, 0.15) is 0 Å². The van der Waals surface area contributed by atoms with Crippen molar-refractivity contribution in [3.8, 4) is 0 Å². The highest BCUT2D eigenvalue weighted by Crippen LogP contribution is 2.31. The maximum absolute atomic E-state index is 5.21. The topological polar surface area (TPSA) is 12.5 Å². The van der Waals surface area contributed by atoms with Crippen molar-refractivity contribution in [1.82, 2.24) is 4.57 Å². The van der Waals surface area contributed by atoms with Crippen LogP contribution in [0, 0.1) is 0 Å². The quantitative estimate of drug-likeness (QED) is 0.527. The van der Waals surface area contributed by atoms with Crippen molar-refractivity contribution in [3.05, 3.63) is 0 Å². The highest BCUT2D eigenvalue weighted by Gasteiger charge is 2.32. The number of hydrogen-bond donors (Lipinski definition) is 0. The van der Waals surface area contributed by atoms with Gasteiger partial charge in [-0.3, -0.25) is 4.57 Å². The van der Waals surface area contributed by atoms with Gasteiger partial charge < -0.3 is 4.74 Å². The molecule has 1 rings (SSSR count). The first kappa shape index (κ1) is 9.66. The number of ether oxygens (including phenoxy) is 1. The molecule has 10 heavy (non-hydrogen) atoms. The lowest BCUT2D eigenvalue weighted by atomic mass is 10.5. The second-order valence-corrected chi connectivity index (χ2v) is 23.5. The summed E-state index contributed by atoms with van der Waals surface area (Å²) in [5.41, 5.74) is 0. The van der Waals surface area contributed by atoms with Crippen LogP contribution in [0.3, 0.4) is 0 Å². The van der Waals surface area contributed by atoms with Crippen molar-refractivity contribution in [2.75, 3.05) is 26.3 Å². The van der Waals surface area contributed by atoms with Gasteiger partial charge in [0.25, 0.3) is 0 Å². The van der Waals surface area contributed by atoms with E-state index in [4.69, 9.17) is 4.74 Å². The highest BCUT2D eigenvalue weighted by molar-refractivity contribution is 9.71. The summed E-state index contributed by atoms with van der Waals surface area (Å²) in [6.45, 7) is 3.71. The van der Waals surface area contributed by atoms with E-state index in [0.29, 0.717) is 0 Å². The molecule has 0 saturated carbocycles. The van der Waals surface area contributed by atoms with Crippen molar-refractivity contribution in [2.45, 2.75) is 0 Å². The van der Waals surface area contributed by atoms with Crippen LogP contribution in [-0.4, -0.2) is 35.0 Å². The molecule has 0 aromatic heterocycles. The molecule has 0 unspecified atom stereocenters. The van der Waals surface area contributed by atoms with Crippen molar-refractivity contribution >= 4 is 50.0 Å². The standard InChI is InChI=1S/C4H8Br3NOSi/c5-10(6,7)8-1-3-9-4-2-8/h1-4H2. The Bertz CT molecular complexity index is 112. The van der Waals surface area contributed by atoms with E-state index in [1.807, 2.05) is 0 Å². The van der Waals surface area contributed by atoms with Crippen LogP contribution in [0.15, 0.2) is 0 Å². The molecule has 0 radical (unpaired) electrons. The zero-order valence-electron chi connectivity index (χ0n) is 5.32. The molecule has 2 nitrogen and oxygen atoms in total. The van der Waals surface area contributed by atoms with Gasteiger partial charge >= 0.3 is 4.09 Å². The molecule has 0 aromatic carbocycles. The normalized spacial score (nSPS) is 23.1. The summed E-state index contributed by atoms with van der Waals surface area (Å²) in [5.74, 6) is 0.